The molecule has 6 heavy (non-hydrogen) atoms. The maximum atomic E-state index is 9.00. The third kappa shape index (κ3) is 773. The molecule has 0 aliphatic carbocycles. The second-order valence-electron chi connectivity index (χ2n) is 0.519. The van der Waals surface area contributed by atoms with Gasteiger partial charge >= 0.3 is 0 Å². The largest absolute Gasteiger partial charge is 0.481 e. The molecule has 0 aromatic heterocycles. The lowest BCUT2D eigenvalue weighted by molar-refractivity contribution is -0.134. The molecule has 0 aromatic rings. The maximum Gasteiger partial charge on any atom is 0.300 e. The summed E-state index contributed by atoms with van der Waals surface area (Å²) in [5.41, 5.74) is 0. The maximum absolute atomic E-state index is 9.00. The molecule has 4 heteroatoms. The van der Waals surface area contributed by atoms with Gasteiger partial charge in [0.15, 0.2) is 0 Å². The predicted octanol–water partition coefficient (Wildman–Crippen LogP) is 1.63. The number of carbonyl (C=O) groups is 1. The number of carboxylic acid groups (broad SMARTS) is 1. The smallest absolute Gasteiger partial charge is 0.300 e. The van der Waals surface area contributed by atoms with Gasteiger partial charge < -0.3 is 5.11 Å². The van der Waals surface area contributed by atoms with E-state index in [-0.39, 0.29) is 0 Å². The molecule has 0 aliphatic heterocycles. The van der Waals surface area contributed by atoms with Crippen molar-refractivity contribution in [3.05, 3.63) is 0 Å². The number of aliphatic carboxylic acids is 1. The van der Waals surface area contributed by atoms with E-state index in [2.05, 4.69) is 25.1 Å². The van der Waals surface area contributed by atoms with E-state index in [9.17, 15) is 0 Å². The van der Waals surface area contributed by atoms with Gasteiger partial charge in [-0.25, -0.2) is 0 Å². The normalized spacial score (nSPS) is 5.17. The summed E-state index contributed by atoms with van der Waals surface area (Å²) in [5.74, 6) is -0.833. The summed E-state index contributed by atoms with van der Waals surface area (Å²) >= 11 is 2.41. The van der Waals surface area contributed by atoms with Crippen molar-refractivity contribution in [3.8, 4) is 0 Å². The highest BCUT2D eigenvalue weighted by atomic mass is 79.9. The van der Waals surface area contributed by atoms with Gasteiger partial charge in [0.05, 0.1) is 0 Å². The summed E-state index contributed by atoms with van der Waals surface area (Å²) in [4.78, 5) is 9.00. The van der Waals surface area contributed by atoms with E-state index in [0.29, 0.717) is 0 Å². The van der Waals surface area contributed by atoms with E-state index in [4.69, 9.17) is 9.90 Å². The van der Waals surface area contributed by atoms with Crippen LogP contribution in [0.25, 0.3) is 0 Å². The molecule has 0 rings (SSSR count). The summed E-state index contributed by atoms with van der Waals surface area (Å²) in [7, 11) is 4.45. The van der Waals surface area contributed by atoms with Gasteiger partial charge in [-0.3, -0.25) is 4.79 Å². The molecule has 0 unspecified atom stereocenters. The van der Waals surface area contributed by atoms with Crippen LogP contribution in [0.3, 0.4) is 0 Å². The molecule has 0 fully saturated rings. The zero-order valence-electron chi connectivity index (χ0n) is 3.11. The number of rotatable bonds is 0. The third-order valence-corrected chi connectivity index (χ3v) is 0. The Morgan fingerprint density at radius 3 is 1.83 bits per heavy atom. The Labute approximate surface area is 48.5 Å². The summed E-state index contributed by atoms with van der Waals surface area (Å²) < 4.78 is 0. The van der Waals surface area contributed by atoms with Crippen molar-refractivity contribution in [3.63, 3.8) is 0 Å². The van der Waals surface area contributed by atoms with Crippen LogP contribution in [0.2, 0.25) is 0 Å². The van der Waals surface area contributed by atoms with Crippen molar-refractivity contribution < 1.29 is 9.90 Å². The lowest BCUT2D eigenvalue weighted by Gasteiger charge is -1.59. The average Bonchev–Trinajstić information content (AvgIpc) is 1.41. The Balaban J connectivity index is 0. The van der Waals surface area contributed by atoms with Gasteiger partial charge in [0, 0.05) is 21.9 Å². The molecule has 0 heterocycles. The van der Waals surface area contributed by atoms with Crippen LogP contribution < -0.4 is 0 Å². The van der Waals surface area contributed by atoms with E-state index in [1.165, 1.54) is 0 Å². The second-order valence-corrected chi connectivity index (χ2v) is 0.519. The molecule has 0 aromatic carbocycles. The number of hydrogen-bond acceptors (Lipinski definition) is 1. The fraction of sp³-hybridized carbons (Fsp3) is 0.500. The molecule has 0 bridgehead atoms. The van der Waals surface area contributed by atoms with E-state index >= 15 is 0 Å². The van der Waals surface area contributed by atoms with Gasteiger partial charge in [0.2, 0.25) is 0 Å². The summed E-state index contributed by atoms with van der Waals surface area (Å²) in [6.07, 6.45) is 0. The molecule has 0 atom stereocenters. The van der Waals surface area contributed by atoms with Crippen LogP contribution in [-0.2, 0) is 4.79 Å². The van der Waals surface area contributed by atoms with Gasteiger partial charge in [-0.2, -0.15) is 0 Å². The first-order valence-corrected chi connectivity index (χ1v) is 3.15. The van der Waals surface area contributed by atoms with E-state index in [0.717, 1.165) is 6.92 Å². The molecule has 1 N–H and O–H groups in total. The van der Waals surface area contributed by atoms with Crippen molar-refractivity contribution >= 4 is 31.1 Å². The zero-order chi connectivity index (χ0) is 5.58. The predicted molar refractivity (Wildman–Crippen MR) is 28.1 cm³/mol. The topological polar surface area (TPSA) is 37.3 Å². The second kappa shape index (κ2) is 8.97. The van der Waals surface area contributed by atoms with Crippen molar-refractivity contribution in [2.45, 2.75) is 6.92 Å². The van der Waals surface area contributed by atoms with Crippen LogP contribution in [0.15, 0.2) is 0 Å². The first-order chi connectivity index (χ1) is 2.73. The Hall–Kier alpha value is 0.240. The zero-order valence-corrected chi connectivity index (χ0v) is 5.45. The SMILES string of the molecule is CC(=O)O.ClBr. The molecular formula is C2H4BrClO2. The van der Waals surface area contributed by atoms with Gasteiger partial charge in [-0.1, -0.05) is 0 Å². The van der Waals surface area contributed by atoms with Gasteiger partial charge in [0.25, 0.3) is 5.97 Å². The molecule has 0 amide bonds. The van der Waals surface area contributed by atoms with Crippen LogP contribution in [-0.4, -0.2) is 11.1 Å². The van der Waals surface area contributed by atoms with Crippen LogP contribution in [0.5, 0.6) is 0 Å². The minimum absolute atomic E-state index is 0.833. The molecule has 0 saturated carbocycles. The summed E-state index contributed by atoms with van der Waals surface area (Å²) in [5, 5.41) is 7.42. The summed E-state index contributed by atoms with van der Waals surface area (Å²) in [6.45, 7) is 1.08. The molecule has 0 saturated heterocycles. The fourth-order valence-corrected chi connectivity index (χ4v) is 0. The molecule has 0 spiro atoms. The summed E-state index contributed by atoms with van der Waals surface area (Å²) in [6, 6.07) is 0. The molecule has 38 valence electrons. The Kier molecular flexibility index (Phi) is 14.3. The average molecular weight is 175 g/mol. The monoisotopic (exact) mass is 174 g/mol. The van der Waals surface area contributed by atoms with Gasteiger partial charge in [-0.15, -0.1) is 0 Å². The Bertz CT molecular complexity index is 34.5. The first kappa shape index (κ1) is 9.53. The number of halogens is 2. The molecule has 0 aliphatic rings. The van der Waals surface area contributed by atoms with Crippen LogP contribution in [0.1, 0.15) is 6.92 Å². The first-order valence-electron chi connectivity index (χ1n) is 1.07. The van der Waals surface area contributed by atoms with E-state index < -0.39 is 5.97 Å². The van der Waals surface area contributed by atoms with Gasteiger partial charge in [-0.05, 0) is 10.1 Å². The lowest BCUT2D eigenvalue weighted by Crippen LogP contribution is -1.78. The minimum Gasteiger partial charge on any atom is -0.481 e. The highest BCUT2D eigenvalue weighted by molar-refractivity contribution is 9.22. The number of carboxylic acids is 1. The fourth-order valence-electron chi connectivity index (χ4n) is 0. The third-order valence-electron chi connectivity index (χ3n) is 0. The van der Waals surface area contributed by atoms with Crippen LogP contribution in [0.4, 0.5) is 0 Å². The van der Waals surface area contributed by atoms with Crippen molar-refractivity contribution in [2.24, 2.45) is 0 Å². The highest BCUT2D eigenvalue weighted by Gasteiger charge is 1.65. The standard InChI is InChI=1S/C2H4O2.BrCl/c1-2(3)4;1-2/h1H3,(H,3,4);. The molecule has 0 radical (unpaired) electrons. The molecule has 2 nitrogen and oxygen atoms in total. The highest BCUT2D eigenvalue weighted by Crippen LogP contribution is 1.77. The van der Waals surface area contributed by atoms with E-state index in [1.807, 2.05) is 0 Å². The number of hydrogen-bond donors (Lipinski definition) is 1. The quantitative estimate of drug-likeness (QED) is 0.607. The lowest BCUT2D eigenvalue weighted by atomic mass is 10.9. The van der Waals surface area contributed by atoms with Crippen molar-refractivity contribution in [1.29, 1.82) is 0 Å². The van der Waals surface area contributed by atoms with Gasteiger partial charge in [0.1, 0.15) is 0 Å². The van der Waals surface area contributed by atoms with Crippen LogP contribution >= 0.6 is 25.1 Å². The Morgan fingerprint density at radius 2 is 1.83 bits per heavy atom. The van der Waals surface area contributed by atoms with Crippen molar-refractivity contribution in [2.75, 3.05) is 0 Å². The Morgan fingerprint density at radius 1 is 1.83 bits per heavy atom. The molecular weight excluding hydrogens is 171 g/mol. The van der Waals surface area contributed by atoms with Crippen LogP contribution in [0, 0.1) is 0 Å². The van der Waals surface area contributed by atoms with E-state index in [1.54, 1.807) is 0 Å². The minimum atomic E-state index is -0.833. The van der Waals surface area contributed by atoms with Crippen molar-refractivity contribution in [1.82, 2.24) is 0 Å².